The van der Waals surface area contributed by atoms with Gasteiger partial charge in [0.15, 0.2) is 17.5 Å². The molecule has 3 nitrogen and oxygen atoms in total. The number of rotatable bonds is 3. The average Bonchev–Trinajstić information content (AvgIpc) is 3.67. The maximum absolute atomic E-state index is 5.46. The third-order valence-electron chi connectivity index (χ3n) is 8.89. The standard InChI is InChI=1S/C41H23N3S2/c1-2-12-24(13-3-1)39-42-40(37-27-16-6-4-14-25(27)22-33-35(37)29-18-8-10-20-31(29)45-33)44-41(43-39)38-28-17-7-5-15-26(28)23-34-36(38)30-19-9-11-21-32(30)46-34/h1-23H. The second-order valence-corrected chi connectivity index (χ2v) is 13.7. The van der Waals surface area contributed by atoms with Gasteiger partial charge < -0.3 is 0 Å². The van der Waals surface area contributed by atoms with E-state index in [0.717, 1.165) is 27.5 Å². The summed E-state index contributed by atoms with van der Waals surface area (Å²) in [4.78, 5) is 16.0. The number of aromatic nitrogens is 3. The smallest absolute Gasteiger partial charge is 0.165 e. The van der Waals surface area contributed by atoms with E-state index in [1.807, 2.05) is 40.9 Å². The fourth-order valence-electron chi connectivity index (χ4n) is 6.88. The van der Waals surface area contributed by atoms with Crippen LogP contribution in [0.15, 0.2) is 140 Å². The lowest BCUT2D eigenvalue weighted by molar-refractivity contribution is 1.08. The third kappa shape index (κ3) is 3.86. The van der Waals surface area contributed by atoms with Gasteiger partial charge in [0, 0.05) is 57.0 Å². The summed E-state index contributed by atoms with van der Waals surface area (Å²) < 4.78 is 4.98. The summed E-state index contributed by atoms with van der Waals surface area (Å²) in [5, 5.41) is 9.47. The topological polar surface area (TPSA) is 38.7 Å². The Morgan fingerprint density at radius 3 is 1.28 bits per heavy atom. The molecule has 0 aliphatic heterocycles. The van der Waals surface area contributed by atoms with Crippen LogP contribution in [0.1, 0.15) is 0 Å². The van der Waals surface area contributed by atoms with Gasteiger partial charge in [0.1, 0.15) is 0 Å². The van der Waals surface area contributed by atoms with Gasteiger partial charge in [0.25, 0.3) is 0 Å². The Bertz CT molecular complexity index is 2640. The number of nitrogens with zero attached hydrogens (tertiary/aromatic N) is 3. The van der Waals surface area contributed by atoms with Gasteiger partial charge in [0.05, 0.1) is 0 Å². The Morgan fingerprint density at radius 1 is 0.348 bits per heavy atom. The first-order chi connectivity index (χ1) is 22.8. The first kappa shape index (κ1) is 25.8. The second-order valence-electron chi connectivity index (χ2n) is 11.6. The van der Waals surface area contributed by atoms with Crippen molar-refractivity contribution in [2.24, 2.45) is 0 Å². The Balaban J connectivity index is 1.40. The Labute approximate surface area is 272 Å². The van der Waals surface area contributed by atoms with E-state index >= 15 is 0 Å². The van der Waals surface area contributed by atoms with Crippen LogP contribution in [0, 0.1) is 0 Å². The number of hydrogen-bond donors (Lipinski definition) is 0. The largest absolute Gasteiger partial charge is 0.208 e. The van der Waals surface area contributed by atoms with Crippen LogP contribution in [0.4, 0.5) is 0 Å². The number of thiophene rings is 2. The van der Waals surface area contributed by atoms with E-state index in [1.54, 1.807) is 0 Å². The molecule has 0 amide bonds. The zero-order valence-electron chi connectivity index (χ0n) is 24.4. The molecule has 3 heterocycles. The molecule has 214 valence electrons. The highest BCUT2D eigenvalue weighted by Gasteiger charge is 2.23. The zero-order chi connectivity index (χ0) is 30.2. The van der Waals surface area contributed by atoms with Gasteiger partial charge in [-0.2, -0.15) is 0 Å². The van der Waals surface area contributed by atoms with Gasteiger partial charge >= 0.3 is 0 Å². The van der Waals surface area contributed by atoms with Gasteiger partial charge in [-0.15, -0.1) is 22.7 Å². The maximum atomic E-state index is 5.46. The third-order valence-corrected chi connectivity index (χ3v) is 11.1. The molecular weight excluding hydrogens is 599 g/mol. The van der Waals surface area contributed by atoms with E-state index in [-0.39, 0.29) is 0 Å². The van der Waals surface area contributed by atoms with Crippen LogP contribution in [0.3, 0.4) is 0 Å². The molecule has 3 aromatic heterocycles. The van der Waals surface area contributed by atoms with Crippen LogP contribution >= 0.6 is 22.7 Å². The molecule has 46 heavy (non-hydrogen) atoms. The van der Waals surface area contributed by atoms with Crippen molar-refractivity contribution in [1.29, 1.82) is 0 Å². The highest BCUT2D eigenvalue weighted by Crippen LogP contribution is 2.46. The van der Waals surface area contributed by atoms with Crippen LogP contribution in [0.25, 0.3) is 96.1 Å². The van der Waals surface area contributed by atoms with Crippen molar-refractivity contribution in [3.05, 3.63) is 140 Å². The van der Waals surface area contributed by atoms with E-state index in [9.17, 15) is 0 Å². The van der Waals surface area contributed by atoms with E-state index in [1.165, 1.54) is 51.1 Å². The highest BCUT2D eigenvalue weighted by atomic mass is 32.1. The van der Waals surface area contributed by atoms with Crippen LogP contribution in [0.5, 0.6) is 0 Å². The maximum Gasteiger partial charge on any atom is 0.165 e. The summed E-state index contributed by atoms with van der Waals surface area (Å²) in [5.74, 6) is 2.05. The monoisotopic (exact) mass is 621 g/mol. The lowest BCUT2D eigenvalue weighted by atomic mass is 9.96. The molecule has 10 rings (SSSR count). The minimum atomic E-state index is 0.668. The van der Waals surface area contributed by atoms with E-state index in [4.69, 9.17) is 15.0 Å². The molecule has 0 aliphatic rings. The van der Waals surface area contributed by atoms with E-state index in [2.05, 4.69) is 121 Å². The predicted molar refractivity (Wildman–Crippen MR) is 197 cm³/mol. The first-order valence-corrected chi connectivity index (χ1v) is 16.9. The van der Waals surface area contributed by atoms with Gasteiger partial charge in [-0.05, 0) is 45.8 Å². The normalized spacial score (nSPS) is 11.9. The fourth-order valence-corrected chi connectivity index (χ4v) is 9.21. The van der Waals surface area contributed by atoms with Crippen molar-refractivity contribution < 1.29 is 0 Å². The van der Waals surface area contributed by atoms with Gasteiger partial charge in [-0.25, -0.2) is 15.0 Å². The molecule has 0 fully saturated rings. The quantitative estimate of drug-likeness (QED) is 0.197. The van der Waals surface area contributed by atoms with Crippen molar-refractivity contribution in [2.45, 2.75) is 0 Å². The molecule has 0 unspecified atom stereocenters. The molecule has 10 aromatic rings. The number of benzene rings is 7. The summed E-state index contributed by atoms with van der Waals surface area (Å²) in [5.41, 5.74) is 3.07. The molecule has 7 aromatic carbocycles. The van der Waals surface area contributed by atoms with Crippen LogP contribution in [0.2, 0.25) is 0 Å². The zero-order valence-corrected chi connectivity index (χ0v) is 26.1. The van der Waals surface area contributed by atoms with Crippen molar-refractivity contribution in [1.82, 2.24) is 15.0 Å². The van der Waals surface area contributed by atoms with Crippen LogP contribution in [-0.2, 0) is 0 Å². The van der Waals surface area contributed by atoms with Crippen molar-refractivity contribution in [3.63, 3.8) is 0 Å². The molecule has 0 radical (unpaired) electrons. The summed E-state index contributed by atoms with van der Waals surface area (Å²) in [7, 11) is 0. The Morgan fingerprint density at radius 2 is 0.761 bits per heavy atom. The fraction of sp³-hybridized carbons (Fsp3) is 0. The molecular formula is C41H23N3S2. The average molecular weight is 622 g/mol. The van der Waals surface area contributed by atoms with Crippen molar-refractivity contribution >= 4 is 84.6 Å². The van der Waals surface area contributed by atoms with Crippen molar-refractivity contribution in [3.8, 4) is 34.2 Å². The molecule has 5 heteroatoms. The van der Waals surface area contributed by atoms with Gasteiger partial charge in [-0.1, -0.05) is 115 Å². The molecule has 0 aliphatic carbocycles. The number of fused-ring (bicyclic) bond motifs is 8. The van der Waals surface area contributed by atoms with Crippen LogP contribution < -0.4 is 0 Å². The molecule has 0 saturated heterocycles. The molecule has 0 spiro atoms. The number of hydrogen-bond acceptors (Lipinski definition) is 5. The van der Waals surface area contributed by atoms with E-state index < -0.39 is 0 Å². The lowest BCUT2D eigenvalue weighted by Gasteiger charge is -2.14. The van der Waals surface area contributed by atoms with Crippen molar-refractivity contribution in [2.75, 3.05) is 0 Å². The van der Waals surface area contributed by atoms with Crippen LogP contribution in [-0.4, -0.2) is 15.0 Å². The SMILES string of the molecule is c1ccc(-c2nc(-c3c4ccccc4cc4sc5ccccc5c34)nc(-c3c4ccccc4cc4sc5ccccc5c34)n2)cc1. The molecule has 0 bridgehead atoms. The Hall–Kier alpha value is -5.49. The van der Waals surface area contributed by atoms with E-state index in [0.29, 0.717) is 17.5 Å². The molecule has 0 saturated carbocycles. The highest BCUT2D eigenvalue weighted by molar-refractivity contribution is 7.26. The summed E-state index contributed by atoms with van der Waals surface area (Å²) in [6, 6.07) is 49.4. The summed E-state index contributed by atoms with van der Waals surface area (Å²) >= 11 is 3.65. The lowest BCUT2D eigenvalue weighted by Crippen LogP contribution is -2.01. The summed E-state index contributed by atoms with van der Waals surface area (Å²) in [6.07, 6.45) is 0. The predicted octanol–water partition coefficient (Wildman–Crippen LogP) is 11.9. The van der Waals surface area contributed by atoms with Gasteiger partial charge in [-0.3, -0.25) is 0 Å². The summed E-state index contributed by atoms with van der Waals surface area (Å²) in [6.45, 7) is 0. The Kier molecular flexibility index (Phi) is 5.61. The second kappa shape index (κ2) is 10.0. The molecule has 0 N–H and O–H groups in total. The minimum Gasteiger partial charge on any atom is -0.208 e. The van der Waals surface area contributed by atoms with Gasteiger partial charge in [0.2, 0.25) is 0 Å². The molecule has 0 atom stereocenters. The minimum absolute atomic E-state index is 0.668. The first-order valence-electron chi connectivity index (χ1n) is 15.3.